The van der Waals surface area contributed by atoms with Crippen molar-refractivity contribution in [3.05, 3.63) is 0 Å². The van der Waals surface area contributed by atoms with Crippen molar-refractivity contribution in [1.82, 2.24) is 0 Å². The van der Waals surface area contributed by atoms with Gasteiger partial charge in [0.1, 0.15) is 0 Å². The van der Waals surface area contributed by atoms with Crippen molar-refractivity contribution in [2.45, 2.75) is 17.7 Å². The summed E-state index contributed by atoms with van der Waals surface area (Å²) < 4.78 is 0. The maximum atomic E-state index is 2.29. The van der Waals surface area contributed by atoms with Crippen LogP contribution in [0.15, 0.2) is 0 Å². The first kappa shape index (κ1) is 7.48. The average molecular weight is 167 g/mol. The number of hydrogen-bond donors (Lipinski definition) is 1. The third-order valence-electron chi connectivity index (χ3n) is 1.17. The summed E-state index contributed by atoms with van der Waals surface area (Å²) in [6.45, 7) is 2.29. The molecule has 0 aliphatic rings. The van der Waals surface area contributed by atoms with E-state index in [9.17, 15) is 0 Å². The van der Waals surface area contributed by atoms with Gasteiger partial charge in [-0.25, -0.2) is 0 Å². The first-order valence-corrected chi connectivity index (χ1v) is 5.21. The molecule has 44 valence electrons. The van der Waals surface area contributed by atoms with Crippen LogP contribution >= 0.6 is 0 Å². The fraction of sp³-hybridized carbons (Fsp3) is 1.00. The summed E-state index contributed by atoms with van der Waals surface area (Å²) in [7, 11) is 4.41. The predicted octanol–water partition coefficient (Wildman–Crippen LogP) is -0.771. The van der Waals surface area contributed by atoms with Gasteiger partial charge in [-0.15, -0.1) is 0 Å². The summed E-state index contributed by atoms with van der Waals surface area (Å²) in [5.74, 6) is 2.28. The molecule has 0 aromatic heterocycles. The van der Waals surface area contributed by atoms with Gasteiger partial charge in [0, 0.05) is 0 Å². The Morgan fingerprint density at radius 2 is 1.86 bits per heavy atom. The first-order chi connectivity index (χ1) is 3.18. The zero-order chi connectivity index (χ0) is 5.86. The Morgan fingerprint density at radius 1 is 1.43 bits per heavy atom. The van der Waals surface area contributed by atoms with Gasteiger partial charge in [-0.3, -0.25) is 0 Å². The molecular formula is C5H14NSe+. The van der Waals surface area contributed by atoms with Gasteiger partial charge >= 0.3 is 51.6 Å². The summed E-state index contributed by atoms with van der Waals surface area (Å²) in [6.07, 6.45) is 0. The van der Waals surface area contributed by atoms with E-state index in [1.807, 2.05) is 0 Å². The monoisotopic (exact) mass is 168 g/mol. The molecule has 0 spiro atoms. The predicted molar refractivity (Wildman–Crippen MR) is 33.9 cm³/mol. The normalized spacial score (nSPS) is 15.0. The van der Waals surface area contributed by atoms with Gasteiger partial charge in [0.05, 0.1) is 0 Å². The molecule has 0 aliphatic heterocycles. The van der Waals surface area contributed by atoms with Gasteiger partial charge in [0.2, 0.25) is 0 Å². The molecule has 0 saturated carbocycles. The molecule has 0 amide bonds. The van der Waals surface area contributed by atoms with E-state index in [0.29, 0.717) is 0 Å². The van der Waals surface area contributed by atoms with Crippen molar-refractivity contribution < 1.29 is 4.90 Å². The standard InChI is InChI=1S/C5H13NSe/c1-5(7-4)6(2)3/h5H,1-4H3/p+1. The Hall–Kier alpha value is 0.479. The Morgan fingerprint density at radius 3 is 1.86 bits per heavy atom. The third kappa shape index (κ3) is 3.10. The fourth-order valence-electron chi connectivity index (χ4n) is 0.236. The molecule has 0 fully saturated rings. The van der Waals surface area contributed by atoms with Crippen LogP contribution in [0.1, 0.15) is 6.92 Å². The van der Waals surface area contributed by atoms with Crippen LogP contribution in [0.4, 0.5) is 0 Å². The van der Waals surface area contributed by atoms with Gasteiger partial charge in [-0.1, -0.05) is 0 Å². The van der Waals surface area contributed by atoms with E-state index in [2.05, 4.69) is 26.8 Å². The van der Waals surface area contributed by atoms with Crippen LogP contribution in [0.3, 0.4) is 0 Å². The van der Waals surface area contributed by atoms with Crippen LogP contribution in [-0.2, 0) is 0 Å². The molecular weight excluding hydrogens is 153 g/mol. The minimum atomic E-state index is 0.818. The number of rotatable bonds is 2. The maximum absolute atomic E-state index is 2.29. The van der Waals surface area contributed by atoms with E-state index >= 15 is 0 Å². The molecule has 0 rings (SSSR count). The summed E-state index contributed by atoms with van der Waals surface area (Å²) >= 11 is 0.818. The molecule has 1 unspecified atom stereocenters. The van der Waals surface area contributed by atoms with E-state index < -0.39 is 0 Å². The van der Waals surface area contributed by atoms with Crippen LogP contribution in [0.5, 0.6) is 0 Å². The number of quaternary nitrogens is 1. The van der Waals surface area contributed by atoms with E-state index in [1.165, 1.54) is 0 Å². The second-order valence-corrected chi connectivity index (χ2v) is 4.43. The van der Waals surface area contributed by atoms with E-state index in [1.54, 1.807) is 4.90 Å². The third-order valence-corrected chi connectivity index (χ3v) is 3.64. The molecule has 1 atom stereocenters. The van der Waals surface area contributed by atoms with Crippen LogP contribution in [-0.4, -0.2) is 34.0 Å². The van der Waals surface area contributed by atoms with Crippen molar-refractivity contribution >= 4 is 15.0 Å². The molecule has 0 aromatic rings. The number of nitrogens with one attached hydrogen (secondary N) is 1. The Bertz CT molecular complexity index is 45.3. The van der Waals surface area contributed by atoms with Crippen LogP contribution in [0.2, 0.25) is 5.82 Å². The van der Waals surface area contributed by atoms with Crippen LogP contribution in [0.25, 0.3) is 0 Å². The van der Waals surface area contributed by atoms with Crippen LogP contribution in [0, 0.1) is 0 Å². The summed E-state index contributed by atoms with van der Waals surface area (Å²) in [5, 5.41) is 0. The van der Waals surface area contributed by atoms with Crippen molar-refractivity contribution in [1.29, 1.82) is 0 Å². The minimum absolute atomic E-state index is 0.818. The molecule has 0 bridgehead atoms. The van der Waals surface area contributed by atoms with Crippen molar-refractivity contribution in [2.75, 3.05) is 14.1 Å². The van der Waals surface area contributed by atoms with Crippen molar-refractivity contribution in [3.8, 4) is 0 Å². The molecule has 1 nitrogen and oxygen atoms in total. The Balaban J connectivity index is 3.14. The fourth-order valence-corrected chi connectivity index (χ4v) is 1.22. The van der Waals surface area contributed by atoms with Crippen molar-refractivity contribution in [3.63, 3.8) is 0 Å². The number of hydrogen-bond acceptors (Lipinski definition) is 0. The second kappa shape index (κ2) is 3.48. The topological polar surface area (TPSA) is 4.44 Å². The second-order valence-electron chi connectivity index (χ2n) is 1.96. The molecule has 7 heavy (non-hydrogen) atoms. The van der Waals surface area contributed by atoms with Gasteiger partial charge in [-0.2, -0.15) is 0 Å². The SMILES string of the molecule is C[Se]C(C)[NH+](C)C. The van der Waals surface area contributed by atoms with Gasteiger partial charge in [-0.05, 0) is 0 Å². The van der Waals surface area contributed by atoms with E-state index in [-0.39, 0.29) is 0 Å². The average Bonchev–Trinajstić information content (AvgIpc) is 1.65. The molecule has 0 radical (unpaired) electrons. The molecule has 0 saturated heterocycles. The first-order valence-electron chi connectivity index (χ1n) is 2.51. The zero-order valence-corrected chi connectivity index (χ0v) is 7.20. The van der Waals surface area contributed by atoms with Crippen molar-refractivity contribution in [2.24, 2.45) is 0 Å². The van der Waals surface area contributed by atoms with Gasteiger partial charge in [0.15, 0.2) is 0 Å². The summed E-state index contributed by atoms with van der Waals surface area (Å²) in [4.78, 5) is 2.45. The molecule has 2 heteroatoms. The Kier molecular flexibility index (Phi) is 3.72. The molecule has 0 aliphatic carbocycles. The van der Waals surface area contributed by atoms with Crippen LogP contribution < -0.4 is 4.90 Å². The summed E-state index contributed by atoms with van der Waals surface area (Å²) in [5.41, 5.74) is 0. The quantitative estimate of drug-likeness (QED) is 0.515. The van der Waals surface area contributed by atoms with Gasteiger partial charge in [0.25, 0.3) is 0 Å². The molecule has 0 heterocycles. The summed E-state index contributed by atoms with van der Waals surface area (Å²) in [6, 6.07) is 0. The molecule has 1 N–H and O–H groups in total. The van der Waals surface area contributed by atoms with Gasteiger partial charge < -0.3 is 0 Å². The van der Waals surface area contributed by atoms with E-state index in [4.69, 9.17) is 0 Å². The zero-order valence-electron chi connectivity index (χ0n) is 5.49. The molecule has 0 aromatic carbocycles. The Labute approximate surface area is 52.2 Å². The van der Waals surface area contributed by atoms with E-state index in [0.717, 1.165) is 19.9 Å².